The van der Waals surface area contributed by atoms with Gasteiger partial charge >= 0.3 is 0 Å². The highest BCUT2D eigenvalue weighted by molar-refractivity contribution is 5.01. The first-order valence-electron chi connectivity index (χ1n) is 4.17. The Morgan fingerprint density at radius 3 is 2.77 bits per heavy atom. The summed E-state index contributed by atoms with van der Waals surface area (Å²) in [7, 11) is 0. The van der Waals surface area contributed by atoms with E-state index in [1.807, 2.05) is 6.20 Å². The van der Waals surface area contributed by atoms with Crippen LogP contribution in [0.3, 0.4) is 0 Å². The Hall–Kier alpha value is -1.71. The van der Waals surface area contributed by atoms with Gasteiger partial charge in [0.25, 0.3) is 0 Å². The molecule has 2 aromatic rings. The maximum absolute atomic E-state index is 4.18. The summed E-state index contributed by atoms with van der Waals surface area (Å²) in [5.41, 5.74) is 2.14. The van der Waals surface area contributed by atoms with E-state index in [2.05, 4.69) is 19.9 Å². The van der Waals surface area contributed by atoms with Crippen molar-refractivity contribution in [3.05, 3.63) is 42.5 Å². The number of hydrogen-bond donors (Lipinski definition) is 1. The zero-order valence-electron chi connectivity index (χ0n) is 7.14. The number of rotatable bonds is 3. The molecule has 0 aliphatic heterocycles. The Labute approximate surface area is 76.1 Å². The van der Waals surface area contributed by atoms with Gasteiger partial charge in [0.05, 0.1) is 12.0 Å². The highest BCUT2D eigenvalue weighted by Gasteiger charge is 1.96. The summed E-state index contributed by atoms with van der Waals surface area (Å²) >= 11 is 0. The first kappa shape index (κ1) is 7.91. The van der Waals surface area contributed by atoms with E-state index < -0.39 is 0 Å². The summed E-state index contributed by atoms with van der Waals surface area (Å²) < 4.78 is 0. The van der Waals surface area contributed by atoms with E-state index in [-0.39, 0.29) is 0 Å². The van der Waals surface area contributed by atoms with Gasteiger partial charge in [0.2, 0.25) is 0 Å². The maximum atomic E-state index is 4.18. The zero-order chi connectivity index (χ0) is 8.93. The van der Waals surface area contributed by atoms with Gasteiger partial charge in [-0.25, -0.2) is 4.98 Å². The molecule has 0 saturated carbocycles. The quantitative estimate of drug-likeness (QED) is 0.754. The SMILES string of the molecule is c1cnc(CCc2cnc[nH]2)cn1. The van der Waals surface area contributed by atoms with Crippen molar-refractivity contribution in [2.24, 2.45) is 0 Å². The summed E-state index contributed by atoms with van der Waals surface area (Å²) in [6.07, 6.45) is 10.5. The van der Waals surface area contributed by atoms with Crippen LogP contribution in [-0.2, 0) is 12.8 Å². The van der Waals surface area contributed by atoms with Gasteiger partial charge in [-0.05, 0) is 12.8 Å². The molecule has 2 rings (SSSR count). The lowest BCUT2D eigenvalue weighted by molar-refractivity contribution is 0.876. The van der Waals surface area contributed by atoms with E-state index in [1.54, 1.807) is 24.9 Å². The van der Waals surface area contributed by atoms with Gasteiger partial charge in [-0.1, -0.05) is 0 Å². The Morgan fingerprint density at radius 1 is 1.08 bits per heavy atom. The highest BCUT2D eigenvalue weighted by atomic mass is 14.9. The lowest BCUT2D eigenvalue weighted by Crippen LogP contribution is -1.94. The molecular weight excluding hydrogens is 164 g/mol. The summed E-state index contributed by atoms with van der Waals surface area (Å²) in [5.74, 6) is 0. The molecule has 0 saturated heterocycles. The third-order valence-electron chi connectivity index (χ3n) is 1.82. The number of hydrogen-bond acceptors (Lipinski definition) is 3. The van der Waals surface area contributed by atoms with Crippen molar-refractivity contribution in [3.63, 3.8) is 0 Å². The molecule has 4 heteroatoms. The van der Waals surface area contributed by atoms with Crippen LogP contribution in [0.4, 0.5) is 0 Å². The minimum atomic E-state index is 0.899. The van der Waals surface area contributed by atoms with Crippen molar-refractivity contribution in [2.45, 2.75) is 12.8 Å². The van der Waals surface area contributed by atoms with Gasteiger partial charge < -0.3 is 4.98 Å². The summed E-state index contributed by atoms with van der Waals surface area (Å²) in [5, 5.41) is 0. The Kier molecular flexibility index (Phi) is 2.31. The van der Waals surface area contributed by atoms with Crippen LogP contribution in [0.2, 0.25) is 0 Å². The van der Waals surface area contributed by atoms with Gasteiger partial charge in [0, 0.05) is 30.5 Å². The zero-order valence-corrected chi connectivity index (χ0v) is 7.14. The Morgan fingerprint density at radius 2 is 2.08 bits per heavy atom. The average Bonchev–Trinajstić information content (AvgIpc) is 2.69. The van der Waals surface area contributed by atoms with Gasteiger partial charge in [0.15, 0.2) is 0 Å². The second-order valence-corrected chi connectivity index (χ2v) is 2.77. The maximum Gasteiger partial charge on any atom is 0.0921 e. The van der Waals surface area contributed by atoms with Gasteiger partial charge in [-0.15, -0.1) is 0 Å². The second kappa shape index (κ2) is 3.80. The molecule has 0 radical (unpaired) electrons. The molecule has 2 aromatic heterocycles. The molecule has 0 aliphatic carbocycles. The number of imidazole rings is 1. The smallest absolute Gasteiger partial charge is 0.0921 e. The van der Waals surface area contributed by atoms with Crippen LogP contribution in [0.5, 0.6) is 0 Å². The molecule has 13 heavy (non-hydrogen) atoms. The highest BCUT2D eigenvalue weighted by Crippen LogP contribution is 1.99. The van der Waals surface area contributed by atoms with Crippen molar-refractivity contribution in [1.29, 1.82) is 0 Å². The van der Waals surface area contributed by atoms with Gasteiger partial charge in [-0.2, -0.15) is 0 Å². The van der Waals surface area contributed by atoms with Crippen LogP contribution in [-0.4, -0.2) is 19.9 Å². The van der Waals surface area contributed by atoms with Crippen LogP contribution in [0, 0.1) is 0 Å². The number of nitrogens with one attached hydrogen (secondary N) is 1. The topological polar surface area (TPSA) is 54.5 Å². The van der Waals surface area contributed by atoms with E-state index in [1.165, 1.54) is 0 Å². The van der Waals surface area contributed by atoms with E-state index in [0.29, 0.717) is 0 Å². The Bertz CT molecular complexity index is 341. The van der Waals surface area contributed by atoms with E-state index >= 15 is 0 Å². The van der Waals surface area contributed by atoms with Crippen LogP contribution >= 0.6 is 0 Å². The van der Waals surface area contributed by atoms with Crippen molar-refractivity contribution < 1.29 is 0 Å². The number of nitrogens with zero attached hydrogens (tertiary/aromatic N) is 3. The predicted molar refractivity (Wildman–Crippen MR) is 48.0 cm³/mol. The molecule has 4 nitrogen and oxygen atoms in total. The fraction of sp³-hybridized carbons (Fsp3) is 0.222. The van der Waals surface area contributed by atoms with Gasteiger partial charge in [-0.3, -0.25) is 9.97 Å². The second-order valence-electron chi connectivity index (χ2n) is 2.77. The first-order valence-corrected chi connectivity index (χ1v) is 4.17. The van der Waals surface area contributed by atoms with Crippen LogP contribution in [0.1, 0.15) is 11.4 Å². The molecular formula is C9H10N4. The van der Waals surface area contributed by atoms with Crippen molar-refractivity contribution in [2.75, 3.05) is 0 Å². The lowest BCUT2D eigenvalue weighted by atomic mass is 10.2. The molecule has 0 aliphatic rings. The normalized spacial score (nSPS) is 10.2. The molecule has 0 atom stereocenters. The third-order valence-corrected chi connectivity index (χ3v) is 1.82. The van der Waals surface area contributed by atoms with E-state index in [4.69, 9.17) is 0 Å². The molecule has 0 bridgehead atoms. The summed E-state index contributed by atoms with van der Waals surface area (Å²) in [6.45, 7) is 0. The summed E-state index contributed by atoms with van der Waals surface area (Å²) in [6, 6.07) is 0. The molecule has 0 spiro atoms. The number of aryl methyl sites for hydroxylation is 2. The molecule has 1 N–H and O–H groups in total. The van der Waals surface area contributed by atoms with Crippen LogP contribution in [0.25, 0.3) is 0 Å². The largest absolute Gasteiger partial charge is 0.348 e. The fourth-order valence-electron chi connectivity index (χ4n) is 1.14. The van der Waals surface area contributed by atoms with Crippen molar-refractivity contribution >= 4 is 0 Å². The average molecular weight is 174 g/mol. The van der Waals surface area contributed by atoms with Crippen LogP contribution < -0.4 is 0 Å². The third kappa shape index (κ3) is 2.11. The first-order chi connectivity index (χ1) is 6.45. The predicted octanol–water partition coefficient (Wildman–Crippen LogP) is 0.985. The minimum absolute atomic E-state index is 0.899. The van der Waals surface area contributed by atoms with E-state index in [0.717, 1.165) is 24.2 Å². The number of aromatic nitrogens is 4. The molecule has 0 fully saturated rings. The Balaban J connectivity index is 1.94. The number of H-pyrrole nitrogens is 1. The fourth-order valence-corrected chi connectivity index (χ4v) is 1.14. The van der Waals surface area contributed by atoms with E-state index in [9.17, 15) is 0 Å². The molecule has 66 valence electrons. The number of aromatic amines is 1. The molecule has 0 unspecified atom stereocenters. The standard InChI is InChI=1S/C9H10N4/c1(2-9-6-11-7-13-9)8-5-10-3-4-12-8/h3-7H,1-2H2,(H,11,13). The van der Waals surface area contributed by atoms with Gasteiger partial charge in [0.1, 0.15) is 0 Å². The van der Waals surface area contributed by atoms with Crippen molar-refractivity contribution in [1.82, 2.24) is 19.9 Å². The van der Waals surface area contributed by atoms with Crippen LogP contribution in [0.15, 0.2) is 31.1 Å². The molecule has 0 amide bonds. The molecule has 0 aromatic carbocycles. The monoisotopic (exact) mass is 174 g/mol. The molecule has 2 heterocycles. The summed E-state index contributed by atoms with van der Waals surface area (Å²) in [4.78, 5) is 15.2. The lowest BCUT2D eigenvalue weighted by Gasteiger charge is -1.96. The minimum Gasteiger partial charge on any atom is -0.348 e. The van der Waals surface area contributed by atoms with Crippen molar-refractivity contribution in [3.8, 4) is 0 Å².